The number of aryl methyl sites for hydroxylation is 2. The van der Waals surface area contributed by atoms with Crippen LogP contribution in [0.2, 0.25) is 0 Å². The molecule has 2 rings (SSSR count). The Morgan fingerprint density at radius 1 is 1.12 bits per heavy atom. The highest BCUT2D eigenvalue weighted by molar-refractivity contribution is 7.89. The van der Waals surface area contributed by atoms with Crippen molar-refractivity contribution in [3.63, 3.8) is 0 Å². The number of methoxy groups -OCH3 is 1. The van der Waals surface area contributed by atoms with Gasteiger partial charge in [-0.25, -0.2) is 17.5 Å². The second kappa shape index (κ2) is 7.32. The van der Waals surface area contributed by atoms with Crippen LogP contribution < -0.4 is 9.46 Å². The molecule has 2 aromatic rings. The zero-order valence-electron chi connectivity index (χ0n) is 14.3. The maximum absolute atomic E-state index is 13.4. The van der Waals surface area contributed by atoms with Crippen LogP contribution in [0.5, 0.6) is 5.75 Å². The van der Waals surface area contributed by atoms with Gasteiger partial charge in [0.25, 0.3) is 0 Å². The summed E-state index contributed by atoms with van der Waals surface area (Å²) in [5, 5.41) is 0. The molecule has 0 saturated carbocycles. The van der Waals surface area contributed by atoms with Gasteiger partial charge in [0.1, 0.15) is 11.6 Å². The summed E-state index contributed by atoms with van der Waals surface area (Å²) < 4.78 is 46.5. The highest BCUT2D eigenvalue weighted by atomic mass is 32.2. The molecule has 0 bridgehead atoms. The molecule has 0 aromatic heterocycles. The van der Waals surface area contributed by atoms with Gasteiger partial charge in [0.2, 0.25) is 10.0 Å². The van der Waals surface area contributed by atoms with Gasteiger partial charge in [-0.15, -0.1) is 0 Å². The van der Waals surface area contributed by atoms with Gasteiger partial charge in [0.15, 0.2) is 0 Å². The van der Waals surface area contributed by atoms with Crippen molar-refractivity contribution in [3.05, 3.63) is 58.9 Å². The van der Waals surface area contributed by atoms with E-state index in [0.29, 0.717) is 12.0 Å². The van der Waals surface area contributed by atoms with E-state index < -0.39 is 15.8 Å². The van der Waals surface area contributed by atoms with E-state index in [9.17, 15) is 12.8 Å². The minimum Gasteiger partial charge on any atom is -0.496 e. The van der Waals surface area contributed by atoms with Crippen molar-refractivity contribution in [2.45, 2.75) is 38.1 Å². The van der Waals surface area contributed by atoms with Crippen LogP contribution in [0.4, 0.5) is 4.39 Å². The minimum atomic E-state index is -3.74. The first-order valence-corrected chi connectivity index (χ1v) is 9.19. The lowest BCUT2D eigenvalue weighted by molar-refractivity contribution is 0.411. The molecule has 130 valence electrons. The van der Waals surface area contributed by atoms with Crippen molar-refractivity contribution >= 4 is 10.0 Å². The van der Waals surface area contributed by atoms with Crippen molar-refractivity contribution in [3.8, 4) is 5.75 Å². The van der Waals surface area contributed by atoms with Crippen LogP contribution in [-0.4, -0.2) is 15.5 Å². The molecule has 0 saturated heterocycles. The van der Waals surface area contributed by atoms with Gasteiger partial charge < -0.3 is 4.74 Å². The number of halogens is 1. The molecular formula is C18H22FNO3S. The lowest BCUT2D eigenvalue weighted by atomic mass is 10.0. The smallest absolute Gasteiger partial charge is 0.241 e. The first kappa shape index (κ1) is 18.4. The van der Waals surface area contributed by atoms with E-state index in [1.165, 1.54) is 18.2 Å². The van der Waals surface area contributed by atoms with Gasteiger partial charge >= 0.3 is 0 Å². The third-order valence-corrected chi connectivity index (χ3v) is 5.44. The SMILES string of the molecule is CC[C@@H](NS(=O)(=O)c1ccc(F)c(C)c1)c1ccc(OC)c(C)c1. The van der Waals surface area contributed by atoms with E-state index in [2.05, 4.69) is 4.72 Å². The van der Waals surface area contributed by atoms with Gasteiger partial charge in [-0.2, -0.15) is 0 Å². The largest absolute Gasteiger partial charge is 0.496 e. The fourth-order valence-corrected chi connectivity index (χ4v) is 3.94. The first-order chi connectivity index (χ1) is 11.3. The Hall–Kier alpha value is -1.92. The number of rotatable bonds is 6. The molecule has 24 heavy (non-hydrogen) atoms. The molecule has 0 unspecified atom stereocenters. The normalized spacial score (nSPS) is 12.9. The highest BCUT2D eigenvalue weighted by Crippen LogP contribution is 2.26. The van der Waals surface area contributed by atoms with Crippen LogP contribution >= 0.6 is 0 Å². The molecular weight excluding hydrogens is 329 g/mol. The average molecular weight is 351 g/mol. The van der Waals surface area contributed by atoms with E-state index in [4.69, 9.17) is 4.74 Å². The van der Waals surface area contributed by atoms with Crippen LogP contribution in [0.25, 0.3) is 0 Å². The summed E-state index contributed by atoms with van der Waals surface area (Å²) in [6.07, 6.45) is 0.588. The van der Waals surface area contributed by atoms with Gasteiger partial charge in [-0.3, -0.25) is 0 Å². The topological polar surface area (TPSA) is 55.4 Å². The van der Waals surface area contributed by atoms with Crippen molar-refractivity contribution in [2.75, 3.05) is 7.11 Å². The molecule has 6 heteroatoms. The van der Waals surface area contributed by atoms with Crippen molar-refractivity contribution < 1.29 is 17.5 Å². The molecule has 0 aliphatic heterocycles. The first-order valence-electron chi connectivity index (χ1n) is 7.71. The van der Waals surface area contributed by atoms with Crippen molar-refractivity contribution in [1.82, 2.24) is 4.72 Å². The minimum absolute atomic E-state index is 0.0603. The predicted molar refractivity (Wildman–Crippen MR) is 92.2 cm³/mol. The third-order valence-electron chi connectivity index (χ3n) is 3.97. The maximum atomic E-state index is 13.4. The Bertz CT molecular complexity index is 834. The Morgan fingerprint density at radius 2 is 1.83 bits per heavy atom. The monoisotopic (exact) mass is 351 g/mol. The highest BCUT2D eigenvalue weighted by Gasteiger charge is 2.21. The van der Waals surface area contributed by atoms with Crippen molar-refractivity contribution in [2.24, 2.45) is 0 Å². The lowest BCUT2D eigenvalue weighted by Crippen LogP contribution is -2.28. The summed E-state index contributed by atoms with van der Waals surface area (Å²) in [6, 6.07) is 8.99. The van der Waals surface area contributed by atoms with E-state index in [1.54, 1.807) is 14.0 Å². The van der Waals surface area contributed by atoms with Crippen LogP contribution in [0.15, 0.2) is 41.3 Å². The Kier molecular flexibility index (Phi) is 5.62. The maximum Gasteiger partial charge on any atom is 0.241 e. The molecule has 0 aliphatic carbocycles. The van der Waals surface area contributed by atoms with Crippen LogP contribution in [0.1, 0.15) is 36.1 Å². The quantitative estimate of drug-likeness (QED) is 0.859. The molecule has 0 amide bonds. The standard InChI is InChI=1S/C18H22FNO3S/c1-5-17(14-6-9-18(23-4)13(3)10-14)20-24(21,22)15-7-8-16(19)12(2)11-15/h6-11,17,20H,5H2,1-4H3/t17-/m1/s1. The molecule has 1 N–H and O–H groups in total. The van der Waals surface area contributed by atoms with E-state index in [-0.39, 0.29) is 10.9 Å². The zero-order valence-corrected chi connectivity index (χ0v) is 15.1. The van der Waals surface area contributed by atoms with Gasteiger partial charge in [0.05, 0.1) is 12.0 Å². The summed E-state index contributed by atoms with van der Waals surface area (Å²) in [5.41, 5.74) is 2.09. The lowest BCUT2D eigenvalue weighted by Gasteiger charge is -2.19. The fraction of sp³-hybridized carbons (Fsp3) is 0.333. The van der Waals surface area contributed by atoms with E-state index in [0.717, 1.165) is 16.9 Å². The summed E-state index contributed by atoms with van der Waals surface area (Å²) in [7, 11) is -2.14. The van der Waals surface area contributed by atoms with E-state index >= 15 is 0 Å². The molecule has 0 radical (unpaired) electrons. The second-order valence-corrected chi connectivity index (χ2v) is 7.44. The predicted octanol–water partition coefficient (Wildman–Crippen LogP) is 3.88. The average Bonchev–Trinajstić information content (AvgIpc) is 2.55. The number of hydrogen-bond donors (Lipinski definition) is 1. The molecule has 0 heterocycles. The fourth-order valence-electron chi connectivity index (χ4n) is 2.55. The Labute approximate surface area is 142 Å². The number of nitrogens with one attached hydrogen (secondary N) is 1. The van der Waals surface area contributed by atoms with Gasteiger partial charge in [-0.1, -0.05) is 19.1 Å². The molecule has 0 spiro atoms. The van der Waals surface area contributed by atoms with Crippen LogP contribution in [-0.2, 0) is 10.0 Å². The molecule has 1 atom stereocenters. The number of ether oxygens (including phenoxy) is 1. The summed E-state index contributed by atoms with van der Waals surface area (Å²) in [5.74, 6) is 0.331. The number of sulfonamides is 1. The second-order valence-electron chi connectivity index (χ2n) is 5.72. The zero-order chi connectivity index (χ0) is 17.9. The molecule has 4 nitrogen and oxygen atoms in total. The third kappa shape index (κ3) is 3.94. The van der Waals surface area contributed by atoms with Gasteiger partial charge in [-0.05, 0) is 61.2 Å². The summed E-state index contributed by atoms with van der Waals surface area (Å²) in [4.78, 5) is 0.0603. The van der Waals surface area contributed by atoms with Crippen LogP contribution in [0.3, 0.4) is 0 Å². The van der Waals surface area contributed by atoms with Crippen LogP contribution in [0, 0.1) is 19.7 Å². The molecule has 0 fully saturated rings. The number of benzene rings is 2. The van der Waals surface area contributed by atoms with Crippen molar-refractivity contribution in [1.29, 1.82) is 0 Å². The molecule has 2 aromatic carbocycles. The Morgan fingerprint density at radius 3 is 2.38 bits per heavy atom. The summed E-state index contributed by atoms with van der Waals surface area (Å²) >= 11 is 0. The summed E-state index contributed by atoms with van der Waals surface area (Å²) in [6.45, 7) is 5.36. The molecule has 0 aliphatic rings. The number of hydrogen-bond acceptors (Lipinski definition) is 3. The van der Waals surface area contributed by atoms with Gasteiger partial charge in [0, 0.05) is 6.04 Å². The van der Waals surface area contributed by atoms with E-state index in [1.807, 2.05) is 32.0 Å². The Balaban J connectivity index is 2.31.